The van der Waals surface area contributed by atoms with Crippen molar-refractivity contribution in [3.05, 3.63) is 55.0 Å². The second kappa shape index (κ2) is 6.64. The van der Waals surface area contributed by atoms with Crippen LogP contribution >= 0.6 is 0 Å². The van der Waals surface area contributed by atoms with Gasteiger partial charge in [-0.2, -0.15) is 0 Å². The van der Waals surface area contributed by atoms with Gasteiger partial charge in [0.15, 0.2) is 0 Å². The second-order valence-electron chi connectivity index (χ2n) is 7.29. The van der Waals surface area contributed by atoms with Crippen LogP contribution in [0, 0.1) is 5.92 Å². The number of aryl methyl sites for hydroxylation is 1. The summed E-state index contributed by atoms with van der Waals surface area (Å²) in [7, 11) is 1.99. The van der Waals surface area contributed by atoms with Gasteiger partial charge in [-0.15, -0.1) is 0 Å². The first-order chi connectivity index (χ1) is 13.7. The minimum absolute atomic E-state index is 0.0957. The highest BCUT2D eigenvalue weighted by Gasteiger charge is 2.22. The number of nitrogens with one attached hydrogen (secondary N) is 1. The highest BCUT2D eigenvalue weighted by atomic mass is 16.5. The van der Waals surface area contributed by atoms with E-state index in [-0.39, 0.29) is 11.8 Å². The highest BCUT2D eigenvalue weighted by molar-refractivity contribution is 5.91. The second-order valence-corrected chi connectivity index (χ2v) is 7.29. The van der Waals surface area contributed by atoms with E-state index in [1.54, 1.807) is 6.20 Å². The molecule has 1 unspecified atom stereocenters. The number of carbonyl (C=O) groups excluding carboxylic acids is 1. The van der Waals surface area contributed by atoms with Gasteiger partial charge in [-0.25, -0.2) is 4.98 Å². The van der Waals surface area contributed by atoms with Crippen LogP contribution in [0.2, 0.25) is 0 Å². The number of amides is 1. The van der Waals surface area contributed by atoms with Gasteiger partial charge < -0.3 is 14.6 Å². The molecular formula is C22H20N4O2. The summed E-state index contributed by atoms with van der Waals surface area (Å²) in [6, 6.07) is 14.3. The summed E-state index contributed by atoms with van der Waals surface area (Å²) in [6.07, 6.45) is 4.13. The first-order valence-electron chi connectivity index (χ1n) is 9.37. The van der Waals surface area contributed by atoms with Crippen LogP contribution in [0.15, 0.2) is 55.0 Å². The molecule has 1 fully saturated rings. The van der Waals surface area contributed by atoms with Crippen molar-refractivity contribution in [2.75, 3.05) is 13.2 Å². The zero-order valence-corrected chi connectivity index (χ0v) is 15.6. The molecule has 1 amide bonds. The van der Waals surface area contributed by atoms with Gasteiger partial charge in [-0.05, 0) is 47.5 Å². The van der Waals surface area contributed by atoms with Gasteiger partial charge in [0.05, 0.1) is 29.5 Å². The van der Waals surface area contributed by atoms with E-state index in [0.29, 0.717) is 19.6 Å². The van der Waals surface area contributed by atoms with E-state index in [2.05, 4.69) is 39.6 Å². The van der Waals surface area contributed by atoms with Crippen LogP contribution in [-0.4, -0.2) is 33.6 Å². The lowest BCUT2D eigenvalue weighted by molar-refractivity contribution is -0.119. The number of ether oxygens (including phenoxy) is 1. The summed E-state index contributed by atoms with van der Waals surface area (Å²) in [5.74, 6) is 1.09. The Morgan fingerprint density at radius 2 is 2.07 bits per heavy atom. The van der Waals surface area contributed by atoms with E-state index < -0.39 is 0 Å². The molecule has 6 nitrogen and oxygen atoms in total. The number of hydrogen-bond donors (Lipinski definition) is 1. The summed E-state index contributed by atoms with van der Waals surface area (Å²) in [5.41, 5.74) is 5.08. The molecule has 0 bridgehead atoms. The fourth-order valence-corrected chi connectivity index (χ4v) is 3.73. The predicted octanol–water partition coefficient (Wildman–Crippen LogP) is 3.30. The molecule has 0 radical (unpaired) electrons. The smallest absolute Gasteiger partial charge is 0.220 e. The molecule has 1 N–H and O–H groups in total. The van der Waals surface area contributed by atoms with Crippen molar-refractivity contribution in [1.82, 2.24) is 19.9 Å². The van der Waals surface area contributed by atoms with Gasteiger partial charge in [0, 0.05) is 37.5 Å². The van der Waals surface area contributed by atoms with Crippen molar-refractivity contribution >= 4 is 27.8 Å². The highest BCUT2D eigenvalue weighted by Crippen LogP contribution is 2.33. The van der Waals surface area contributed by atoms with Crippen molar-refractivity contribution in [2.45, 2.75) is 6.42 Å². The Labute approximate surface area is 162 Å². The molecule has 3 heterocycles. The molecule has 4 aromatic rings. The average molecular weight is 372 g/mol. The molecule has 1 saturated heterocycles. The number of hydrogen-bond acceptors (Lipinski definition) is 4. The van der Waals surface area contributed by atoms with Gasteiger partial charge in [0.25, 0.3) is 0 Å². The van der Waals surface area contributed by atoms with E-state index in [9.17, 15) is 4.79 Å². The van der Waals surface area contributed by atoms with E-state index >= 15 is 0 Å². The van der Waals surface area contributed by atoms with E-state index in [4.69, 9.17) is 4.74 Å². The molecule has 0 spiro atoms. The maximum Gasteiger partial charge on any atom is 0.220 e. The Hall–Kier alpha value is -3.41. The Kier molecular flexibility index (Phi) is 3.97. The molecular weight excluding hydrogens is 352 g/mol. The molecule has 28 heavy (non-hydrogen) atoms. The van der Waals surface area contributed by atoms with Crippen LogP contribution < -0.4 is 10.1 Å². The minimum Gasteiger partial charge on any atom is -0.492 e. The Morgan fingerprint density at radius 3 is 2.93 bits per heavy atom. The quantitative estimate of drug-likeness (QED) is 0.597. The van der Waals surface area contributed by atoms with Crippen LogP contribution in [0.25, 0.3) is 33.1 Å². The van der Waals surface area contributed by atoms with Crippen LogP contribution in [0.3, 0.4) is 0 Å². The first-order valence-corrected chi connectivity index (χ1v) is 9.37. The topological polar surface area (TPSA) is 69.0 Å². The zero-order valence-electron chi connectivity index (χ0n) is 15.6. The number of aromatic nitrogens is 3. The molecule has 5 rings (SSSR count). The van der Waals surface area contributed by atoms with Gasteiger partial charge in [0.2, 0.25) is 5.91 Å². The molecule has 0 aliphatic carbocycles. The van der Waals surface area contributed by atoms with Crippen molar-refractivity contribution in [1.29, 1.82) is 0 Å². The fraction of sp³-hybridized carbons (Fsp3) is 0.227. The number of pyridine rings is 1. The zero-order chi connectivity index (χ0) is 19.1. The predicted molar refractivity (Wildman–Crippen MR) is 108 cm³/mol. The summed E-state index contributed by atoms with van der Waals surface area (Å²) < 4.78 is 8.17. The maximum absolute atomic E-state index is 11.4. The average Bonchev–Trinajstić information content (AvgIpc) is 3.31. The number of nitrogens with zero attached hydrogens (tertiary/aromatic N) is 3. The van der Waals surface area contributed by atoms with Crippen LogP contribution in [0.5, 0.6) is 5.75 Å². The number of benzene rings is 2. The van der Waals surface area contributed by atoms with E-state index in [1.165, 1.54) is 0 Å². The van der Waals surface area contributed by atoms with Gasteiger partial charge in [-0.1, -0.05) is 6.07 Å². The Bertz CT molecular complexity index is 1200. The van der Waals surface area contributed by atoms with Crippen LogP contribution in [-0.2, 0) is 11.8 Å². The van der Waals surface area contributed by atoms with Crippen molar-refractivity contribution < 1.29 is 9.53 Å². The molecule has 1 aliphatic heterocycles. The molecule has 2 aromatic heterocycles. The fourth-order valence-electron chi connectivity index (χ4n) is 3.73. The van der Waals surface area contributed by atoms with E-state index in [0.717, 1.165) is 38.8 Å². The third-order valence-electron chi connectivity index (χ3n) is 5.28. The number of imidazole rings is 1. The maximum atomic E-state index is 11.4. The van der Waals surface area contributed by atoms with Gasteiger partial charge >= 0.3 is 0 Å². The minimum atomic E-state index is 0.0957. The lowest BCUT2D eigenvalue weighted by atomic mass is 10.0. The van der Waals surface area contributed by atoms with Crippen LogP contribution in [0.4, 0.5) is 0 Å². The Balaban J connectivity index is 1.55. The molecule has 2 aromatic carbocycles. The number of fused-ring (bicyclic) bond motifs is 2. The number of carbonyl (C=O) groups is 1. The summed E-state index contributed by atoms with van der Waals surface area (Å²) in [4.78, 5) is 20.4. The standard InChI is InChI=1S/C22H20N4O2/c1-26-13-25-18-5-4-15(9-20(18)26)16-8-19-17(3-2-6-23-19)21(10-16)28-12-14-7-22(27)24-11-14/h2-6,8-10,13-14H,7,11-12H2,1H3,(H,24,27). The number of rotatable bonds is 4. The summed E-state index contributed by atoms with van der Waals surface area (Å²) in [6.45, 7) is 1.18. The third-order valence-corrected chi connectivity index (χ3v) is 5.28. The largest absolute Gasteiger partial charge is 0.492 e. The monoisotopic (exact) mass is 372 g/mol. The van der Waals surface area contributed by atoms with Crippen molar-refractivity contribution in [2.24, 2.45) is 13.0 Å². The van der Waals surface area contributed by atoms with Gasteiger partial charge in [-0.3, -0.25) is 9.78 Å². The summed E-state index contributed by atoms with van der Waals surface area (Å²) in [5, 5.41) is 3.84. The van der Waals surface area contributed by atoms with Crippen molar-refractivity contribution in [3.63, 3.8) is 0 Å². The molecule has 0 saturated carbocycles. The SMILES string of the molecule is Cn1cnc2ccc(-c3cc(OCC4CNC(=O)C4)c4cccnc4c3)cc21. The molecule has 6 heteroatoms. The molecule has 1 aliphatic rings. The van der Waals surface area contributed by atoms with Crippen LogP contribution in [0.1, 0.15) is 6.42 Å². The summed E-state index contributed by atoms with van der Waals surface area (Å²) >= 11 is 0. The first kappa shape index (κ1) is 16.7. The third kappa shape index (κ3) is 2.97. The van der Waals surface area contributed by atoms with E-state index in [1.807, 2.05) is 36.1 Å². The molecule has 140 valence electrons. The lowest BCUT2D eigenvalue weighted by Gasteiger charge is -2.14. The molecule has 1 atom stereocenters. The Morgan fingerprint density at radius 1 is 1.14 bits per heavy atom. The lowest BCUT2D eigenvalue weighted by Crippen LogP contribution is -2.16. The normalized spacial score (nSPS) is 16.6. The van der Waals surface area contributed by atoms with Gasteiger partial charge in [0.1, 0.15) is 5.75 Å². The van der Waals surface area contributed by atoms with Crippen molar-refractivity contribution in [3.8, 4) is 16.9 Å².